The van der Waals surface area contributed by atoms with E-state index in [9.17, 15) is 23.1 Å². The van der Waals surface area contributed by atoms with Crippen LogP contribution in [0.2, 0.25) is 0 Å². The standard InChI is InChI=1S/C37H38F3N5O5/c1-22(37(2,3)47)49-31-21-45-33(43-34(31)44(19-23-11-7-5-8-12-23)20-24-13-9-6-10-14-24)26(18-41-45)25-15-29(48-4)32(30(16-25)50-36(39)40)35(46)42-28-17-27(28)38/h5-16,18,21-22,27-28,36,47H,17,19-20H2,1-4H3,(H,42,46)/t22?,27-,28+/m0/s1. The second-order valence-electron chi connectivity index (χ2n) is 12.8. The number of carbonyl (C=O) groups excluding carboxylic acids is 1. The summed E-state index contributed by atoms with van der Waals surface area (Å²) < 4.78 is 59.1. The maximum absolute atomic E-state index is 13.7. The predicted octanol–water partition coefficient (Wildman–Crippen LogP) is 6.59. The van der Waals surface area contributed by atoms with Crippen LogP contribution < -0.4 is 24.4 Å². The molecule has 3 aromatic carbocycles. The molecule has 1 unspecified atom stereocenters. The molecule has 50 heavy (non-hydrogen) atoms. The van der Waals surface area contributed by atoms with Gasteiger partial charge in [0, 0.05) is 25.1 Å². The zero-order chi connectivity index (χ0) is 35.6. The van der Waals surface area contributed by atoms with Crippen molar-refractivity contribution in [3.8, 4) is 28.4 Å². The Balaban J connectivity index is 1.50. The first kappa shape index (κ1) is 34.6. The Kier molecular flexibility index (Phi) is 9.87. The van der Waals surface area contributed by atoms with Crippen LogP contribution in [0, 0.1) is 0 Å². The number of fused-ring (bicyclic) bond motifs is 1. The van der Waals surface area contributed by atoms with Gasteiger partial charge in [0.05, 0.1) is 31.1 Å². The van der Waals surface area contributed by atoms with Crippen molar-refractivity contribution in [2.24, 2.45) is 0 Å². The highest BCUT2D eigenvalue weighted by atomic mass is 19.3. The van der Waals surface area contributed by atoms with E-state index in [1.165, 1.54) is 30.0 Å². The van der Waals surface area contributed by atoms with Gasteiger partial charge in [0.25, 0.3) is 5.91 Å². The number of aliphatic hydroxyl groups is 1. The van der Waals surface area contributed by atoms with Crippen LogP contribution in [0.5, 0.6) is 17.2 Å². The summed E-state index contributed by atoms with van der Waals surface area (Å²) in [7, 11) is 1.29. The van der Waals surface area contributed by atoms with Crippen LogP contribution in [0.1, 0.15) is 48.7 Å². The van der Waals surface area contributed by atoms with Crippen molar-refractivity contribution in [1.82, 2.24) is 19.9 Å². The normalized spacial score (nSPS) is 16.3. The number of rotatable bonds is 14. The summed E-state index contributed by atoms with van der Waals surface area (Å²) in [5, 5.41) is 17.8. The van der Waals surface area contributed by atoms with Crippen molar-refractivity contribution in [3.63, 3.8) is 0 Å². The minimum atomic E-state index is -3.26. The summed E-state index contributed by atoms with van der Waals surface area (Å²) in [5.74, 6) is -0.502. The van der Waals surface area contributed by atoms with Crippen molar-refractivity contribution >= 4 is 17.4 Å². The smallest absolute Gasteiger partial charge is 0.387 e. The Labute approximate surface area is 287 Å². The Morgan fingerprint density at radius 1 is 1.02 bits per heavy atom. The van der Waals surface area contributed by atoms with Crippen LogP contribution in [0.4, 0.5) is 19.0 Å². The molecule has 2 aromatic heterocycles. The number of aromatic nitrogens is 3. The van der Waals surface area contributed by atoms with Gasteiger partial charge in [0.1, 0.15) is 29.3 Å². The predicted molar refractivity (Wildman–Crippen MR) is 182 cm³/mol. The fourth-order valence-corrected chi connectivity index (χ4v) is 5.42. The van der Waals surface area contributed by atoms with Crippen LogP contribution in [-0.2, 0) is 13.1 Å². The third-order valence-corrected chi connectivity index (χ3v) is 8.54. The number of nitrogens with one attached hydrogen (secondary N) is 1. The van der Waals surface area contributed by atoms with Gasteiger partial charge in [-0.25, -0.2) is 13.9 Å². The second kappa shape index (κ2) is 14.3. The lowest BCUT2D eigenvalue weighted by molar-refractivity contribution is -0.0502. The quantitative estimate of drug-likeness (QED) is 0.134. The fraction of sp³-hybridized carbons (Fsp3) is 0.324. The molecule has 13 heteroatoms. The number of amides is 1. The summed E-state index contributed by atoms with van der Waals surface area (Å²) in [6.07, 6.45) is 1.45. The number of anilines is 1. The van der Waals surface area contributed by atoms with Gasteiger partial charge in [-0.2, -0.15) is 13.9 Å². The highest BCUT2D eigenvalue weighted by molar-refractivity contribution is 6.01. The maximum Gasteiger partial charge on any atom is 0.387 e. The topological polar surface area (TPSA) is 110 Å². The van der Waals surface area contributed by atoms with Gasteiger partial charge in [0.2, 0.25) is 0 Å². The zero-order valence-electron chi connectivity index (χ0n) is 28.0. The van der Waals surface area contributed by atoms with E-state index in [0.717, 1.165) is 11.1 Å². The Morgan fingerprint density at radius 2 is 1.62 bits per heavy atom. The molecule has 1 saturated carbocycles. The molecule has 0 saturated heterocycles. The number of nitrogens with zero attached hydrogens (tertiary/aromatic N) is 4. The summed E-state index contributed by atoms with van der Waals surface area (Å²) in [4.78, 5) is 20.2. The fourth-order valence-electron chi connectivity index (χ4n) is 5.42. The van der Waals surface area contributed by atoms with Crippen molar-refractivity contribution in [2.75, 3.05) is 12.0 Å². The Morgan fingerprint density at radius 3 is 2.16 bits per heavy atom. The first-order valence-corrected chi connectivity index (χ1v) is 16.1. The molecule has 5 aromatic rings. The monoisotopic (exact) mass is 689 g/mol. The molecule has 2 heterocycles. The third-order valence-electron chi connectivity index (χ3n) is 8.54. The van der Waals surface area contributed by atoms with Crippen LogP contribution in [0.3, 0.4) is 0 Å². The summed E-state index contributed by atoms with van der Waals surface area (Å²) in [6, 6.07) is 21.8. The average molecular weight is 690 g/mol. The van der Waals surface area contributed by atoms with Crippen molar-refractivity contribution in [3.05, 3.63) is 102 Å². The first-order chi connectivity index (χ1) is 23.9. The SMILES string of the molecule is COc1cc(-c2cnn3cc(OC(C)C(C)(C)O)c(N(Cc4ccccc4)Cc4ccccc4)nc23)cc(OC(F)F)c1C(=O)N[C@@H]1C[C@@H]1F. The van der Waals surface area contributed by atoms with Crippen LogP contribution >= 0.6 is 0 Å². The van der Waals surface area contributed by atoms with Crippen molar-refractivity contribution in [2.45, 2.75) is 70.8 Å². The van der Waals surface area contributed by atoms with Gasteiger partial charge in [-0.3, -0.25) is 4.79 Å². The number of hydrogen-bond donors (Lipinski definition) is 2. The molecule has 1 fully saturated rings. The number of halogens is 3. The van der Waals surface area contributed by atoms with E-state index in [0.29, 0.717) is 41.4 Å². The van der Waals surface area contributed by atoms with Crippen LogP contribution in [-0.4, -0.2) is 63.3 Å². The van der Waals surface area contributed by atoms with Gasteiger partial charge < -0.3 is 29.5 Å². The highest BCUT2D eigenvalue weighted by Crippen LogP contribution is 2.40. The van der Waals surface area contributed by atoms with Crippen LogP contribution in [0.15, 0.2) is 85.2 Å². The van der Waals surface area contributed by atoms with Gasteiger partial charge in [-0.1, -0.05) is 60.7 Å². The lowest BCUT2D eigenvalue weighted by Gasteiger charge is -2.30. The number of alkyl halides is 3. The first-order valence-electron chi connectivity index (χ1n) is 16.1. The lowest BCUT2D eigenvalue weighted by Crippen LogP contribution is -2.38. The van der Waals surface area contributed by atoms with Gasteiger partial charge in [-0.15, -0.1) is 0 Å². The minimum Gasteiger partial charge on any atom is -0.496 e. The Hall–Kier alpha value is -5.30. The molecule has 1 amide bonds. The maximum atomic E-state index is 13.7. The van der Waals surface area contributed by atoms with Crippen molar-refractivity contribution < 1.29 is 37.3 Å². The zero-order valence-corrected chi connectivity index (χ0v) is 28.0. The summed E-state index contributed by atoms with van der Waals surface area (Å²) in [5.41, 5.74) is 1.64. The molecule has 2 N–H and O–H groups in total. The third kappa shape index (κ3) is 7.78. The number of hydrogen-bond acceptors (Lipinski definition) is 8. The van der Waals surface area contributed by atoms with E-state index < -0.39 is 42.2 Å². The van der Waals surface area contributed by atoms with Gasteiger partial charge >= 0.3 is 6.61 Å². The molecule has 0 spiro atoms. The van der Waals surface area contributed by atoms with E-state index >= 15 is 0 Å². The van der Waals surface area contributed by atoms with Gasteiger partial charge in [0.15, 0.2) is 17.2 Å². The number of methoxy groups -OCH3 is 1. The van der Waals surface area contributed by atoms with E-state index in [-0.39, 0.29) is 17.7 Å². The molecule has 0 radical (unpaired) electrons. The summed E-state index contributed by atoms with van der Waals surface area (Å²) >= 11 is 0. The number of benzene rings is 3. The largest absolute Gasteiger partial charge is 0.496 e. The van der Waals surface area contributed by atoms with E-state index in [2.05, 4.69) is 10.4 Å². The van der Waals surface area contributed by atoms with Crippen LogP contribution in [0.25, 0.3) is 16.8 Å². The molecule has 3 atom stereocenters. The summed E-state index contributed by atoms with van der Waals surface area (Å²) in [6.45, 7) is 2.69. The Bertz CT molecular complexity index is 1910. The number of ether oxygens (including phenoxy) is 3. The highest BCUT2D eigenvalue weighted by Gasteiger charge is 2.40. The number of carbonyl (C=O) groups is 1. The average Bonchev–Trinajstić information content (AvgIpc) is 3.61. The van der Waals surface area contributed by atoms with Crippen molar-refractivity contribution in [1.29, 1.82) is 0 Å². The molecule has 6 rings (SSSR count). The molecular formula is C37H38F3N5O5. The van der Waals surface area contributed by atoms with E-state index in [4.69, 9.17) is 19.2 Å². The molecule has 0 aliphatic heterocycles. The molecule has 1 aliphatic carbocycles. The van der Waals surface area contributed by atoms with E-state index in [1.54, 1.807) is 27.0 Å². The lowest BCUT2D eigenvalue weighted by atomic mass is 10.0. The van der Waals surface area contributed by atoms with E-state index in [1.807, 2.05) is 65.6 Å². The second-order valence-corrected chi connectivity index (χ2v) is 12.8. The molecule has 10 nitrogen and oxygen atoms in total. The molecule has 262 valence electrons. The molecule has 1 aliphatic rings. The van der Waals surface area contributed by atoms with Gasteiger partial charge in [-0.05, 0) is 49.6 Å². The minimum absolute atomic E-state index is 0.0555. The molecular weight excluding hydrogens is 651 g/mol. The molecule has 0 bridgehead atoms.